The molecular formula is C21H25NO2S. The van der Waals surface area contributed by atoms with Crippen LogP contribution >= 0.6 is 11.3 Å². The van der Waals surface area contributed by atoms with Gasteiger partial charge in [0.05, 0.1) is 10.9 Å². The Morgan fingerprint density at radius 2 is 1.84 bits per heavy atom. The molecule has 3 rings (SSSR count). The molecule has 0 spiro atoms. The number of amides is 1. The number of ketones is 1. The van der Waals surface area contributed by atoms with Crippen molar-refractivity contribution < 1.29 is 9.59 Å². The first-order valence-corrected chi connectivity index (χ1v) is 9.85. The van der Waals surface area contributed by atoms with Crippen molar-refractivity contribution in [3.05, 3.63) is 56.8 Å². The maximum absolute atomic E-state index is 12.2. The molecule has 25 heavy (non-hydrogen) atoms. The van der Waals surface area contributed by atoms with Gasteiger partial charge in [0, 0.05) is 17.7 Å². The summed E-state index contributed by atoms with van der Waals surface area (Å²) in [6.45, 7) is 3.99. The van der Waals surface area contributed by atoms with Crippen molar-refractivity contribution in [3.8, 4) is 0 Å². The van der Waals surface area contributed by atoms with Crippen molar-refractivity contribution in [2.75, 3.05) is 0 Å². The van der Waals surface area contributed by atoms with Crippen LogP contribution in [0.2, 0.25) is 0 Å². The average molecular weight is 356 g/mol. The van der Waals surface area contributed by atoms with E-state index in [4.69, 9.17) is 0 Å². The van der Waals surface area contributed by atoms with Crippen LogP contribution in [-0.2, 0) is 17.6 Å². The Labute approximate surface area is 153 Å². The summed E-state index contributed by atoms with van der Waals surface area (Å²) in [5, 5.41) is 3.03. The Morgan fingerprint density at radius 1 is 1.08 bits per heavy atom. The molecule has 0 unspecified atom stereocenters. The molecule has 0 aliphatic heterocycles. The fraction of sp³-hybridized carbons (Fsp3) is 0.429. The van der Waals surface area contributed by atoms with Gasteiger partial charge in [0.25, 0.3) is 0 Å². The highest BCUT2D eigenvalue weighted by molar-refractivity contribution is 7.14. The third-order valence-electron chi connectivity index (χ3n) is 4.84. The number of hydrogen-bond acceptors (Lipinski definition) is 3. The van der Waals surface area contributed by atoms with E-state index in [9.17, 15) is 9.59 Å². The minimum Gasteiger partial charge on any atom is -0.350 e. The largest absolute Gasteiger partial charge is 0.350 e. The monoisotopic (exact) mass is 355 g/mol. The molecule has 1 aromatic carbocycles. The first-order chi connectivity index (χ1) is 12.0. The smallest absolute Gasteiger partial charge is 0.220 e. The average Bonchev–Trinajstić information content (AvgIpc) is 3.05. The van der Waals surface area contributed by atoms with Gasteiger partial charge in [-0.1, -0.05) is 18.2 Å². The van der Waals surface area contributed by atoms with E-state index < -0.39 is 0 Å². The van der Waals surface area contributed by atoms with Gasteiger partial charge in [0.15, 0.2) is 5.78 Å². The number of carbonyl (C=O) groups excluding carboxylic acids is 2. The van der Waals surface area contributed by atoms with Crippen LogP contribution in [0, 0.1) is 6.92 Å². The molecule has 1 aromatic heterocycles. The number of nitrogens with one attached hydrogen (secondary N) is 1. The maximum Gasteiger partial charge on any atom is 0.220 e. The highest BCUT2D eigenvalue weighted by Gasteiger charge is 2.15. The van der Waals surface area contributed by atoms with E-state index in [2.05, 4.69) is 23.5 Å². The number of carbonyl (C=O) groups is 2. The lowest BCUT2D eigenvalue weighted by atomic mass is 9.89. The molecule has 1 aliphatic rings. The van der Waals surface area contributed by atoms with Gasteiger partial charge in [-0.2, -0.15) is 0 Å². The molecular weight excluding hydrogens is 330 g/mol. The summed E-state index contributed by atoms with van der Waals surface area (Å²) in [7, 11) is 0. The minimum atomic E-state index is -0.0631. The lowest BCUT2D eigenvalue weighted by molar-refractivity contribution is -0.121. The molecule has 4 heteroatoms. The molecule has 1 N–H and O–H groups in total. The zero-order valence-electron chi connectivity index (χ0n) is 14.9. The Bertz CT molecular complexity index is 778. The zero-order valence-corrected chi connectivity index (χ0v) is 15.7. The van der Waals surface area contributed by atoms with Gasteiger partial charge in [0.2, 0.25) is 5.91 Å². The van der Waals surface area contributed by atoms with Crippen molar-refractivity contribution in [1.82, 2.24) is 5.32 Å². The van der Waals surface area contributed by atoms with Crippen LogP contribution in [0.5, 0.6) is 0 Å². The second kappa shape index (κ2) is 7.96. The van der Waals surface area contributed by atoms with Gasteiger partial charge < -0.3 is 5.32 Å². The molecule has 132 valence electrons. The number of benzene rings is 1. The van der Waals surface area contributed by atoms with E-state index in [0.29, 0.717) is 0 Å². The molecule has 1 aliphatic carbocycles. The predicted molar refractivity (Wildman–Crippen MR) is 102 cm³/mol. The normalized spacial score (nSPS) is 14.6. The number of rotatable bonds is 6. The van der Waals surface area contributed by atoms with Crippen molar-refractivity contribution in [1.29, 1.82) is 0 Å². The predicted octanol–water partition coefficient (Wildman–Crippen LogP) is 4.78. The fourth-order valence-electron chi connectivity index (χ4n) is 3.35. The van der Waals surface area contributed by atoms with Crippen LogP contribution in [-0.4, -0.2) is 11.7 Å². The Morgan fingerprint density at radius 3 is 2.56 bits per heavy atom. The van der Waals surface area contributed by atoms with Crippen LogP contribution in [0.3, 0.4) is 0 Å². The molecule has 1 heterocycles. The Balaban J connectivity index is 1.53. The van der Waals surface area contributed by atoms with E-state index in [1.54, 1.807) is 0 Å². The van der Waals surface area contributed by atoms with Crippen LogP contribution < -0.4 is 5.32 Å². The quantitative estimate of drug-likeness (QED) is 0.758. The first-order valence-electron chi connectivity index (χ1n) is 9.03. The second-order valence-electron chi connectivity index (χ2n) is 6.86. The summed E-state index contributed by atoms with van der Waals surface area (Å²) in [5.41, 5.74) is 4.02. The van der Waals surface area contributed by atoms with Crippen LogP contribution in [0.15, 0.2) is 30.3 Å². The lowest BCUT2D eigenvalue weighted by Crippen LogP contribution is -2.27. The summed E-state index contributed by atoms with van der Waals surface area (Å²) in [6.07, 6.45) is 5.34. The van der Waals surface area contributed by atoms with Gasteiger partial charge in [-0.25, -0.2) is 0 Å². The third kappa shape index (κ3) is 4.57. The summed E-state index contributed by atoms with van der Waals surface area (Å²) in [4.78, 5) is 26.2. The molecule has 0 saturated heterocycles. The van der Waals surface area contributed by atoms with Crippen molar-refractivity contribution in [2.24, 2.45) is 0 Å². The van der Waals surface area contributed by atoms with E-state index in [0.717, 1.165) is 21.7 Å². The number of thiophene rings is 1. The molecule has 3 nitrogen and oxygen atoms in total. The van der Waals surface area contributed by atoms with Crippen molar-refractivity contribution in [3.63, 3.8) is 0 Å². The zero-order chi connectivity index (χ0) is 17.8. The topological polar surface area (TPSA) is 46.2 Å². The summed E-state index contributed by atoms with van der Waals surface area (Å²) < 4.78 is 0. The molecule has 0 radical (unpaired) electrons. The van der Waals surface area contributed by atoms with Gasteiger partial charge in [-0.3, -0.25) is 9.59 Å². The van der Waals surface area contributed by atoms with Gasteiger partial charge in [-0.15, -0.1) is 11.3 Å². The van der Waals surface area contributed by atoms with E-state index in [1.807, 2.05) is 26.0 Å². The number of fused-ring (bicyclic) bond motifs is 1. The van der Waals surface area contributed by atoms with E-state index >= 15 is 0 Å². The van der Waals surface area contributed by atoms with Crippen LogP contribution in [0.1, 0.15) is 69.9 Å². The molecule has 0 bridgehead atoms. The lowest BCUT2D eigenvalue weighted by Gasteiger charge is -2.20. The molecule has 0 fully saturated rings. The number of aryl methyl sites for hydroxylation is 3. The maximum atomic E-state index is 12.2. The van der Waals surface area contributed by atoms with E-state index in [-0.39, 0.29) is 30.6 Å². The number of hydrogen-bond donors (Lipinski definition) is 1. The number of Topliss-reactive ketones (excluding diaryl/α,β-unsaturated/α-hetero) is 1. The van der Waals surface area contributed by atoms with Crippen molar-refractivity contribution in [2.45, 2.75) is 58.4 Å². The fourth-order valence-corrected chi connectivity index (χ4v) is 4.19. The highest BCUT2D eigenvalue weighted by Crippen LogP contribution is 2.25. The third-order valence-corrected chi connectivity index (χ3v) is 5.89. The molecule has 2 aromatic rings. The Kier molecular flexibility index (Phi) is 5.69. The Hall–Kier alpha value is -1.94. The van der Waals surface area contributed by atoms with E-state index in [1.165, 1.54) is 41.7 Å². The molecule has 1 atom stereocenters. The minimum absolute atomic E-state index is 0.0289. The van der Waals surface area contributed by atoms with Gasteiger partial charge in [-0.05, 0) is 68.4 Å². The second-order valence-corrected chi connectivity index (χ2v) is 8.15. The standard InChI is InChI=1S/C21H25NO2S/c1-14-7-11-20(25-14)19(23)10-12-21(24)22-15(2)17-9-8-16-5-3-4-6-18(16)13-17/h7-9,11,13,15H,3-6,10,12H2,1-2H3,(H,22,24)/t15-/m1/s1. The summed E-state index contributed by atoms with van der Waals surface area (Å²) in [5.74, 6) is -0.0125. The van der Waals surface area contributed by atoms with Crippen LogP contribution in [0.4, 0.5) is 0 Å². The van der Waals surface area contributed by atoms with Crippen LogP contribution in [0.25, 0.3) is 0 Å². The first kappa shape index (κ1) is 17.9. The molecule has 0 saturated carbocycles. The molecule has 1 amide bonds. The van der Waals surface area contributed by atoms with Gasteiger partial charge in [0.1, 0.15) is 0 Å². The van der Waals surface area contributed by atoms with Gasteiger partial charge >= 0.3 is 0 Å². The summed E-state index contributed by atoms with van der Waals surface area (Å²) >= 11 is 1.49. The highest BCUT2D eigenvalue weighted by atomic mass is 32.1. The summed E-state index contributed by atoms with van der Waals surface area (Å²) in [6, 6.07) is 10.3. The van der Waals surface area contributed by atoms with Crippen molar-refractivity contribution >= 4 is 23.0 Å². The SMILES string of the molecule is Cc1ccc(C(=O)CCC(=O)N[C@H](C)c2ccc3c(c2)CCCC3)s1.